The number of amides is 2. The summed E-state index contributed by atoms with van der Waals surface area (Å²) in [6, 6.07) is 6.70. The second kappa shape index (κ2) is 14.3. The number of carbonyl (C=O) groups excluding carboxylic acids is 2. The van der Waals surface area contributed by atoms with Crippen molar-refractivity contribution in [1.29, 1.82) is 0 Å². The molecule has 2 aliphatic carbocycles. The van der Waals surface area contributed by atoms with Crippen LogP contribution in [-0.2, 0) is 34.6 Å². The number of halogens is 8. The Bertz CT molecular complexity index is 2590. The summed E-state index contributed by atoms with van der Waals surface area (Å²) in [5.41, 5.74) is 2.09. The van der Waals surface area contributed by atoms with Gasteiger partial charge in [0.15, 0.2) is 16.5 Å². The Morgan fingerprint density at radius 3 is 2.36 bits per heavy atom. The van der Waals surface area contributed by atoms with Gasteiger partial charge in [0.05, 0.1) is 47.2 Å². The number of carbonyl (C=O) groups is 2. The number of primary amides is 1. The van der Waals surface area contributed by atoms with Gasteiger partial charge in [0.1, 0.15) is 35.6 Å². The normalized spacial score (nSPS) is 20.3. The molecule has 306 valence electrons. The molecule has 0 unspecified atom stereocenters. The largest absolute Gasteiger partial charge is 0.435 e. The third-order valence-electron chi connectivity index (χ3n) is 11.0. The van der Waals surface area contributed by atoms with Crippen molar-refractivity contribution in [1.82, 2.24) is 30.0 Å². The molecular weight excluding hydrogens is 813 g/mol. The Kier molecular flexibility index (Phi) is 9.40. The number of hydrogen-bond acceptors (Lipinski definition) is 9. The zero-order chi connectivity index (χ0) is 41.5. The molecular formula is C39H30F8N8O3S. The molecule has 2 saturated heterocycles. The van der Waals surface area contributed by atoms with Gasteiger partial charge in [-0.3, -0.25) is 19.2 Å². The van der Waals surface area contributed by atoms with Gasteiger partial charge >= 0.3 is 12.1 Å². The summed E-state index contributed by atoms with van der Waals surface area (Å²) in [6.07, 6.45) is -5.53. The average Bonchev–Trinajstić information content (AvgIpc) is 3.75. The van der Waals surface area contributed by atoms with E-state index in [0.717, 1.165) is 31.3 Å². The number of benzene rings is 2. The minimum atomic E-state index is -5.14. The van der Waals surface area contributed by atoms with Gasteiger partial charge in [0.2, 0.25) is 5.91 Å². The number of hydrogen-bond donors (Lipinski definition) is 2. The number of alkyl halides is 5. The van der Waals surface area contributed by atoms with Crippen molar-refractivity contribution in [2.45, 2.75) is 43.1 Å². The van der Waals surface area contributed by atoms with Crippen molar-refractivity contribution in [3.05, 3.63) is 93.7 Å². The number of anilines is 1. The lowest BCUT2D eigenvalue weighted by Gasteiger charge is -2.42. The fourth-order valence-corrected chi connectivity index (χ4v) is 9.03. The average molecular weight is 843 g/mol. The summed E-state index contributed by atoms with van der Waals surface area (Å²) in [7, 11) is 0. The van der Waals surface area contributed by atoms with Crippen LogP contribution in [0.4, 0.5) is 40.3 Å². The van der Waals surface area contributed by atoms with Crippen molar-refractivity contribution in [3.8, 4) is 23.0 Å². The van der Waals surface area contributed by atoms with Gasteiger partial charge in [-0.05, 0) is 47.9 Å². The van der Waals surface area contributed by atoms with Crippen molar-refractivity contribution in [2.75, 3.05) is 44.3 Å². The minimum Gasteiger partial charge on any atom is -0.378 e. The Hall–Kier alpha value is -5.65. The van der Waals surface area contributed by atoms with Crippen molar-refractivity contribution < 1.29 is 49.4 Å². The first-order valence-electron chi connectivity index (χ1n) is 18.3. The molecule has 0 bridgehead atoms. The molecule has 5 aromatic rings. The summed E-state index contributed by atoms with van der Waals surface area (Å²) >= 11 is 1.29. The number of piperazine rings is 1. The Morgan fingerprint density at radius 1 is 1.00 bits per heavy atom. The number of nitrogens with two attached hydrogens (primary N) is 1. The van der Waals surface area contributed by atoms with Gasteiger partial charge in [-0.15, -0.1) is 0 Å². The molecule has 11 nitrogen and oxygen atoms in total. The molecule has 2 fully saturated rings. The fraction of sp³-hybridized carbons (Fsp3) is 0.359. The SMILES string of the molecule is NC(=O)c1cc(-c2cc3sc(N4CCN(C5COC5)CC4)nc3nc2[C@H](Cc2cc(F)cc(F)c2)NC(=O)Cn2nc(C(F)(F)F)c3c2C(F)(F)[C@@H]2C#C[C@H]32)ccc1F. The van der Waals surface area contributed by atoms with Gasteiger partial charge in [-0.2, -0.15) is 32.0 Å². The highest BCUT2D eigenvalue weighted by Crippen LogP contribution is 2.58. The fourth-order valence-electron chi connectivity index (χ4n) is 8.03. The minimum absolute atomic E-state index is 0.00544. The van der Waals surface area contributed by atoms with Crippen LogP contribution in [0.5, 0.6) is 0 Å². The van der Waals surface area contributed by atoms with E-state index in [9.17, 15) is 35.9 Å². The molecule has 0 spiro atoms. The topological polar surface area (TPSA) is 132 Å². The molecule has 20 heteroatoms. The van der Waals surface area contributed by atoms with Crippen LogP contribution in [0, 0.1) is 35.2 Å². The van der Waals surface area contributed by atoms with E-state index >= 15 is 8.78 Å². The van der Waals surface area contributed by atoms with Crippen LogP contribution < -0.4 is 16.0 Å². The summed E-state index contributed by atoms with van der Waals surface area (Å²) in [5.74, 6) is -7.48. The molecule has 3 N–H and O–H groups in total. The predicted octanol–water partition coefficient (Wildman–Crippen LogP) is 5.53. The molecule has 2 aliphatic heterocycles. The van der Waals surface area contributed by atoms with Crippen molar-refractivity contribution >= 4 is 38.6 Å². The quantitative estimate of drug-likeness (QED) is 0.139. The van der Waals surface area contributed by atoms with E-state index in [1.54, 1.807) is 6.07 Å². The maximum absolute atomic E-state index is 15.5. The Morgan fingerprint density at radius 2 is 1.73 bits per heavy atom. The first-order valence-corrected chi connectivity index (χ1v) is 19.2. The molecule has 2 aromatic carbocycles. The zero-order valence-corrected chi connectivity index (χ0v) is 31.2. The summed E-state index contributed by atoms with van der Waals surface area (Å²) in [6.45, 7) is 2.99. The van der Waals surface area contributed by atoms with Gasteiger partial charge in [-0.25, -0.2) is 18.2 Å². The maximum Gasteiger partial charge on any atom is 0.435 e. The third kappa shape index (κ3) is 6.93. The van der Waals surface area contributed by atoms with Crippen LogP contribution in [0.1, 0.15) is 50.5 Å². The molecule has 3 atom stereocenters. The number of ether oxygens (including phenoxy) is 1. The van der Waals surface area contributed by atoms with Gasteiger partial charge in [-0.1, -0.05) is 29.2 Å². The molecule has 59 heavy (non-hydrogen) atoms. The van der Waals surface area contributed by atoms with Crippen LogP contribution in [0.2, 0.25) is 0 Å². The highest BCUT2D eigenvalue weighted by Gasteiger charge is 2.62. The van der Waals surface area contributed by atoms with E-state index in [1.165, 1.54) is 23.5 Å². The van der Waals surface area contributed by atoms with E-state index in [1.807, 2.05) is 0 Å². The van der Waals surface area contributed by atoms with Crippen molar-refractivity contribution in [2.24, 2.45) is 11.7 Å². The highest BCUT2D eigenvalue weighted by molar-refractivity contribution is 7.22. The maximum atomic E-state index is 15.5. The second-order valence-corrected chi connectivity index (χ2v) is 15.8. The van der Waals surface area contributed by atoms with E-state index < -0.39 is 94.7 Å². The highest BCUT2D eigenvalue weighted by atomic mass is 32.1. The number of fused-ring (bicyclic) bond motifs is 4. The Balaban J connectivity index is 1.13. The van der Waals surface area contributed by atoms with Crippen LogP contribution in [0.15, 0.2) is 42.5 Å². The molecule has 3 aromatic heterocycles. The molecule has 4 aliphatic rings. The van der Waals surface area contributed by atoms with Crippen LogP contribution in [0.25, 0.3) is 21.5 Å². The summed E-state index contributed by atoms with van der Waals surface area (Å²) in [4.78, 5) is 40.1. The monoisotopic (exact) mass is 842 g/mol. The lowest BCUT2D eigenvalue weighted by atomic mass is 9.84. The van der Waals surface area contributed by atoms with Gasteiger partial charge in [0.25, 0.3) is 5.91 Å². The van der Waals surface area contributed by atoms with Gasteiger partial charge < -0.3 is 20.7 Å². The number of nitrogens with one attached hydrogen (secondary N) is 1. The smallest absolute Gasteiger partial charge is 0.378 e. The molecule has 9 rings (SSSR count). The predicted molar refractivity (Wildman–Crippen MR) is 196 cm³/mol. The number of nitrogens with zero attached hydrogens (tertiary/aromatic N) is 6. The first kappa shape index (κ1) is 38.8. The number of aromatic nitrogens is 4. The zero-order valence-electron chi connectivity index (χ0n) is 30.4. The standard InChI is InChI=1S/C39H30F8N8O3S/c40-20-9-18(10-21(41)13-20)11-28(49-30(56)15-55-34-31(33(52-55)39(45,46)47)23-2-3-26(23)38(34,43)44)32-24(19-1-4-27(42)25(12-19)35(48)57)14-29-36(50-32)51-37(59-29)54-7-5-53(6-8-54)22-16-58-17-22/h1,4,9-10,12-14,22-23,26,28H,5-8,11,15-17H2,(H2,48,57)(H,49,56)/t23-,26+,28-/m0/s1. The Labute approximate surface area is 333 Å². The molecule has 0 saturated carbocycles. The number of thiazole rings is 1. The number of rotatable bonds is 10. The lowest BCUT2D eigenvalue weighted by molar-refractivity contribution is -0.142. The van der Waals surface area contributed by atoms with Gasteiger partial charge in [0, 0.05) is 43.4 Å². The molecule has 0 radical (unpaired) electrons. The number of pyridine rings is 1. The first-order chi connectivity index (χ1) is 28.0. The summed E-state index contributed by atoms with van der Waals surface area (Å²) in [5, 5.41) is 6.64. The van der Waals surface area contributed by atoms with Crippen LogP contribution in [-0.4, -0.2) is 81.9 Å². The van der Waals surface area contributed by atoms with E-state index in [4.69, 9.17) is 20.4 Å². The summed E-state index contributed by atoms with van der Waals surface area (Å²) < 4.78 is 123. The van der Waals surface area contributed by atoms with E-state index in [2.05, 4.69) is 32.1 Å². The van der Waals surface area contributed by atoms with E-state index in [0.29, 0.717) is 52.9 Å². The second-order valence-electron chi connectivity index (χ2n) is 14.7. The van der Waals surface area contributed by atoms with Crippen LogP contribution >= 0.6 is 11.3 Å². The van der Waals surface area contributed by atoms with Crippen molar-refractivity contribution in [3.63, 3.8) is 0 Å². The molecule has 2 amide bonds. The third-order valence-corrected chi connectivity index (χ3v) is 12.0. The van der Waals surface area contributed by atoms with Crippen LogP contribution in [0.3, 0.4) is 0 Å². The molecule has 5 heterocycles. The van der Waals surface area contributed by atoms with E-state index in [-0.39, 0.29) is 28.0 Å². The lowest BCUT2D eigenvalue weighted by Crippen LogP contribution is -2.56.